The zero-order chi connectivity index (χ0) is 22.8. The Morgan fingerprint density at radius 2 is 1.72 bits per heavy atom. The number of anilines is 2. The maximum absolute atomic E-state index is 13.0. The van der Waals surface area contributed by atoms with Crippen LogP contribution in [0.25, 0.3) is 10.2 Å². The van der Waals surface area contributed by atoms with Crippen molar-refractivity contribution in [2.24, 2.45) is 0 Å². The van der Waals surface area contributed by atoms with Crippen molar-refractivity contribution < 1.29 is 9.59 Å². The van der Waals surface area contributed by atoms with Gasteiger partial charge in [-0.2, -0.15) is 0 Å². The van der Waals surface area contributed by atoms with Crippen LogP contribution >= 0.6 is 11.3 Å². The van der Waals surface area contributed by atoms with Crippen molar-refractivity contribution in [2.45, 2.75) is 27.3 Å². The van der Waals surface area contributed by atoms with Gasteiger partial charge >= 0.3 is 0 Å². The predicted molar refractivity (Wildman–Crippen MR) is 128 cm³/mol. The standard InChI is InChI=1S/C24H22N4O3S/c1-14-8-10-17(11-9-14)26-19(29)12-28-13-25-23-20(24(28)31)16(3)21(32-23)22(30)27-18-7-5-4-6-15(18)2/h4-11,13H,12H2,1-3H3,(H,26,29)(H,27,30). The van der Waals surface area contributed by atoms with E-state index < -0.39 is 0 Å². The summed E-state index contributed by atoms with van der Waals surface area (Å²) in [6, 6.07) is 14.9. The molecule has 4 aromatic rings. The molecule has 0 saturated carbocycles. The predicted octanol–water partition coefficient (Wildman–Crippen LogP) is 4.27. The molecule has 2 aromatic carbocycles. The first-order chi connectivity index (χ1) is 15.3. The molecule has 0 bridgehead atoms. The van der Waals surface area contributed by atoms with Crippen LogP contribution in [0, 0.1) is 20.8 Å². The Balaban J connectivity index is 1.58. The lowest BCUT2D eigenvalue weighted by Crippen LogP contribution is -2.28. The molecular weight excluding hydrogens is 424 g/mol. The van der Waals surface area contributed by atoms with Gasteiger partial charge in [0.2, 0.25) is 5.91 Å². The SMILES string of the molecule is Cc1ccc(NC(=O)Cn2cnc3sc(C(=O)Nc4ccccc4C)c(C)c3c2=O)cc1. The quantitative estimate of drug-likeness (QED) is 0.479. The number of benzene rings is 2. The highest BCUT2D eigenvalue weighted by molar-refractivity contribution is 7.20. The second-order valence-corrected chi connectivity index (χ2v) is 8.60. The van der Waals surface area contributed by atoms with Crippen molar-refractivity contribution in [1.82, 2.24) is 9.55 Å². The van der Waals surface area contributed by atoms with Crippen LogP contribution in [-0.4, -0.2) is 21.4 Å². The second-order valence-electron chi connectivity index (χ2n) is 7.60. The Morgan fingerprint density at radius 1 is 1.00 bits per heavy atom. The molecule has 0 fully saturated rings. The van der Waals surface area contributed by atoms with E-state index in [0.717, 1.165) is 11.1 Å². The van der Waals surface area contributed by atoms with Crippen LogP contribution in [0.3, 0.4) is 0 Å². The lowest BCUT2D eigenvalue weighted by Gasteiger charge is -2.08. The van der Waals surface area contributed by atoms with Crippen molar-refractivity contribution in [3.63, 3.8) is 0 Å². The molecule has 162 valence electrons. The number of hydrogen-bond acceptors (Lipinski definition) is 5. The molecule has 0 aliphatic rings. The summed E-state index contributed by atoms with van der Waals surface area (Å²) in [7, 11) is 0. The zero-order valence-corrected chi connectivity index (χ0v) is 18.7. The molecule has 0 spiro atoms. The molecule has 2 heterocycles. The van der Waals surface area contributed by atoms with Gasteiger partial charge in [-0.25, -0.2) is 4.98 Å². The Bertz CT molecular complexity index is 1390. The lowest BCUT2D eigenvalue weighted by atomic mass is 10.2. The van der Waals surface area contributed by atoms with Crippen LogP contribution < -0.4 is 16.2 Å². The molecule has 0 aliphatic carbocycles. The number of fused-ring (bicyclic) bond motifs is 1. The van der Waals surface area contributed by atoms with Gasteiger partial charge in [0.05, 0.1) is 16.6 Å². The minimum Gasteiger partial charge on any atom is -0.325 e. The topological polar surface area (TPSA) is 93.1 Å². The molecule has 2 amide bonds. The molecule has 7 nitrogen and oxygen atoms in total. The van der Waals surface area contributed by atoms with E-state index in [1.807, 2.05) is 50.2 Å². The zero-order valence-electron chi connectivity index (χ0n) is 17.9. The normalized spacial score (nSPS) is 10.8. The van der Waals surface area contributed by atoms with Crippen LogP contribution in [0.1, 0.15) is 26.4 Å². The number of rotatable bonds is 5. The van der Waals surface area contributed by atoms with E-state index in [0.29, 0.717) is 32.0 Å². The van der Waals surface area contributed by atoms with Gasteiger partial charge in [-0.3, -0.25) is 19.0 Å². The Labute approximate surface area is 188 Å². The number of aryl methyl sites for hydroxylation is 3. The van der Waals surface area contributed by atoms with Crippen LogP contribution in [0.2, 0.25) is 0 Å². The molecular formula is C24H22N4O3S. The Hall–Kier alpha value is -3.78. The molecule has 2 aromatic heterocycles. The van der Waals surface area contributed by atoms with Gasteiger partial charge in [0, 0.05) is 11.4 Å². The molecule has 8 heteroatoms. The van der Waals surface area contributed by atoms with E-state index in [-0.39, 0.29) is 23.9 Å². The lowest BCUT2D eigenvalue weighted by molar-refractivity contribution is -0.116. The van der Waals surface area contributed by atoms with Crippen molar-refractivity contribution in [2.75, 3.05) is 10.6 Å². The van der Waals surface area contributed by atoms with Gasteiger partial charge in [-0.1, -0.05) is 35.9 Å². The molecule has 0 aliphatic heterocycles. The fourth-order valence-electron chi connectivity index (χ4n) is 3.37. The van der Waals surface area contributed by atoms with Crippen molar-refractivity contribution in [3.05, 3.63) is 86.8 Å². The van der Waals surface area contributed by atoms with Gasteiger partial charge in [-0.15, -0.1) is 11.3 Å². The average molecular weight is 447 g/mol. The van der Waals surface area contributed by atoms with Crippen molar-refractivity contribution in [1.29, 1.82) is 0 Å². The third-order valence-corrected chi connectivity index (χ3v) is 6.36. The molecule has 0 radical (unpaired) electrons. The summed E-state index contributed by atoms with van der Waals surface area (Å²) in [5.74, 6) is -0.620. The van der Waals surface area contributed by atoms with Crippen LogP contribution in [-0.2, 0) is 11.3 Å². The maximum Gasteiger partial charge on any atom is 0.266 e. The molecule has 0 atom stereocenters. The number of para-hydroxylation sites is 1. The van der Waals surface area contributed by atoms with E-state index in [9.17, 15) is 14.4 Å². The third-order valence-electron chi connectivity index (χ3n) is 5.17. The summed E-state index contributed by atoms with van der Waals surface area (Å²) < 4.78 is 1.26. The maximum atomic E-state index is 13.0. The number of nitrogens with zero attached hydrogens (tertiary/aromatic N) is 2. The monoisotopic (exact) mass is 446 g/mol. The molecule has 0 unspecified atom stereocenters. The first kappa shape index (κ1) is 21.5. The highest BCUT2D eigenvalue weighted by atomic mass is 32.1. The van der Waals surface area contributed by atoms with Gasteiger partial charge < -0.3 is 10.6 Å². The number of amides is 2. The third kappa shape index (κ3) is 4.31. The van der Waals surface area contributed by atoms with Crippen molar-refractivity contribution >= 4 is 44.7 Å². The minimum absolute atomic E-state index is 0.171. The van der Waals surface area contributed by atoms with Gasteiger partial charge in [0.25, 0.3) is 11.5 Å². The summed E-state index contributed by atoms with van der Waals surface area (Å²) in [6.07, 6.45) is 1.35. The highest BCUT2D eigenvalue weighted by Gasteiger charge is 2.20. The Morgan fingerprint density at radius 3 is 2.44 bits per heavy atom. The van der Waals surface area contributed by atoms with E-state index in [2.05, 4.69) is 15.6 Å². The number of nitrogens with one attached hydrogen (secondary N) is 2. The van der Waals surface area contributed by atoms with Crippen LogP contribution in [0.4, 0.5) is 11.4 Å². The van der Waals surface area contributed by atoms with Crippen LogP contribution in [0.15, 0.2) is 59.7 Å². The first-order valence-corrected chi connectivity index (χ1v) is 10.9. The number of carbonyl (C=O) groups is 2. The number of aromatic nitrogens is 2. The molecule has 4 rings (SSSR count). The average Bonchev–Trinajstić information content (AvgIpc) is 3.11. The fraction of sp³-hybridized carbons (Fsp3) is 0.167. The molecule has 32 heavy (non-hydrogen) atoms. The van der Waals surface area contributed by atoms with Gasteiger partial charge in [0.1, 0.15) is 11.4 Å². The second kappa shape index (κ2) is 8.76. The van der Waals surface area contributed by atoms with Crippen molar-refractivity contribution in [3.8, 4) is 0 Å². The summed E-state index contributed by atoms with van der Waals surface area (Å²) in [4.78, 5) is 43.6. The highest BCUT2D eigenvalue weighted by Crippen LogP contribution is 2.28. The summed E-state index contributed by atoms with van der Waals surface area (Å²) in [5, 5.41) is 6.03. The van der Waals surface area contributed by atoms with E-state index in [1.165, 1.54) is 22.2 Å². The van der Waals surface area contributed by atoms with E-state index in [4.69, 9.17) is 0 Å². The van der Waals surface area contributed by atoms with Crippen LogP contribution in [0.5, 0.6) is 0 Å². The summed E-state index contributed by atoms with van der Waals surface area (Å²) in [5.41, 5.74) is 3.61. The first-order valence-electron chi connectivity index (χ1n) is 10.1. The molecule has 0 saturated heterocycles. The molecule has 2 N–H and O–H groups in total. The smallest absolute Gasteiger partial charge is 0.266 e. The number of hydrogen-bond donors (Lipinski definition) is 2. The summed E-state index contributed by atoms with van der Waals surface area (Å²) >= 11 is 1.17. The van der Waals surface area contributed by atoms with Gasteiger partial charge in [-0.05, 0) is 50.1 Å². The van der Waals surface area contributed by atoms with E-state index in [1.54, 1.807) is 19.1 Å². The number of thiophene rings is 1. The Kier molecular flexibility index (Phi) is 5.87. The largest absolute Gasteiger partial charge is 0.325 e. The van der Waals surface area contributed by atoms with E-state index >= 15 is 0 Å². The fourth-order valence-corrected chi connectivity index (χ4v) is 4.41. The van der Waals surface area contributed by atoms with Gasteiger partial charge in [0.15, 0.2) is 0 Å². The minimum atomic E-state index is -0.349. The summed E-state index contributed by atoms with van der Waals surface area (Å²) in [6.45, 7) is 5.43. The number of carbonyl (C=O) groups excluding carboxylic acids is 2.